The van der Waals surface area contributed by atoms with Gasteiger partial charge in [0.15, 0.2) is 0 Å². The van der Waals surface area contributed by atoms with Gasteiger partial charge in [-0.3, -0.25) is 14.9 Å². The Hall–Kier alpha value is -2.15. The van der Waals surface area contributed by atoms with Gasteiger partial charge in [-0.2, -0.15) is 0 Å². The van der Waals surface area contributed by atoms with Gasteiger partial charge in [0.25, 0.3) is 5.91 Å². The zero-order valence-corrected chi connectivity index (χ0v) is 12.0. The second-order valence-corrected chi connectivity index (χ2v) is 5.25. The molecule has 7 nitrogen and oxygen atoms in total. The molecule has 21 heavy (non-hydrogen) atoms. The molecule has 1 aromatic rings. The van der Waals surface area contributed by atoms with Crippen molar-refractivity contribution in [2.45, 2.75) is 25.4 Å². The second kappa shape index (κ2) is 5.69. The summed E-state index contributed by atoms with van der Waals surface area (Å²) in [6.07, 6.45) is 1.46. The maximum atomic E-state index is 12.4. The number of amides is 1. The molecular weight excluding hydrogens is 276 g/mol. The number of aliphatic hydroxyl groups is 1. The number of carbonyl (C=O) groups excluding carboxylic acids is 1. The number of benzene rings is 1. The molecule has 1 saturated heterocycles. The topological polar surface area (TPSA) is 92.9 Å². The van der Waals surface area contributed by atoms with Crippen LogP contribution < -0.4 is 4.74 Å². The quantitative estimate of drug-likeness (QED) is 0.657. The van der Waals surface area contributed by atoms with E-state index in [1.165, 1.54) is 30.2 Å². The van der Waals surface area contributed by atoms with E-state index in [0.29, 0.717) is 6.42 Å². The van der Waals surface area contributed by atoms with E-state index >= 15 is 0 Å². The predicted molar refractivity (Wildman–Crippen MR) is 75.4 cm³/mol. The SMILES string of the molecule is CCCC1(O)CN(C(=O)c2cccc([N+](=O)[O-])c2OC)C1. The molecule has 2 rings (SSSR count). The summed E-state index contributed by atoms with van der Waals surface area (Å²) in [5, 5.41) is 21.1. The molecule has 0 saturated carbocycles. The van der Waals surface area contributed by atoms with Gasteiger partial charge in [-0.25, -0.2) is 0 Å². The number of ether oxygens (including phenoxy) is 1. The Balaban J connectivity index is 2.22. The largest absolute Gasteiger partial charge is 0.490 e. The number of nitro groups is 1. The highest BCUT2D eigenvalue weighted by Gasteiger charge is 2.43. The van der Waals surface area contributed by atoms with Crippen molar-refractivity contribution in [3.05, 3.63) is 33.9 Å². The number of rotatable bonds is 5. The van der Waals surface area contributed by atoms with Crippen molar-refractivity contribution in [2.24, 2.45) is 0 Å². The van der Waals surface area contributed by atoms with Crippen LogP contribution in [0.2, 0.25) is 0 Å². The van der Waals surface area contributed by atoms with Gasteiger partial charge in [0.2, 0.25) is 5.75 Å². The summed E-state index contributed by atoms with van der Waals surface area (Å²) in [5.74, 6) is -0.408. The third-order valence-electron chi connectivity index (χ3n) is 3.60. The summed E-state index contributed by atoms with van der Waals surface area (Å²) in [7, 11) is 1.29. The van der Waals surface area contributed by atoms with Crippen LogP contribution in [0.3, 0.4) is 0 Å². The van der Waals surface area contributed by atoms with Gasteiger partial charge in [0.05, 0.1) is 36.3 Å². The Morgan fingerprint density at radius 1 is 1.52 bits per heavy atom. The summed E-state index contributed by atoms with van der Waals surface area (Å²) >= 11 is 0. The number of β-amino-alcohol motifs (C(OH)–C–C–N with tert-alkyl or cyclic N) is 1. The standard InChI is InChI=1S/C14H18N2O5/c1-3-7-14(18)8-15(9-14)13(17)10-5-4-6-11(16(19)20)12(10)21-2/h4-6,18H,3,7-9H2,1-2H3. The smallest absolute Gasteiger partial charge is 0.311 e. The third-order valence-corrected chi connectivity index (χ3v) is 3.60. The fourth-order valence-electron chi connectivity index (χ4n) is 2.65. The fraction of sp³-hybridized carbons (Fsp3) is 0.500. The lowest BCUT2D eigenvalue weighted by Gasteiger charge is -2.46. The van der Waals surface area contributed by atoms with Crippen molar-refractivity contribution in [3.63, 3.8) is 0 Å². The molecule has 0 spiro atoms. The molecule has 0 radical (unpaired) electrons. The molecule has 1 aliphatic heterocycles. The first-order valence-corrected chi connectivity index (χ1v) is 6.75. The zero-order valence-electron chi connectivity index (χ0n) is 12.0. The van der Waals surface area contributed by atoms with E-state index in [-0.39, 0.29) is 36.0 Å². The Labute approximate surface area is 122 Å². The summed E-state index contributed by atoms with van der Waals surface area (Å²) in [5.41, 5.74) is -0.934. The highest BCUT2D eigenvalue weighted by atomic mass is 16.6. The van der Waals surface area contributed by atoms with Crippen molar-refractivity contribution in [1.82, 2.24) is 4.90 Å². The third kappa shape index (κ3) is 2.82. The molecule has 7 heteroatoms. The van der Waals surface area contributed by atoms with Gasteiger partial charge in [-0.1, -0.05) is 19.4 Å². The van der Waals surface area contributed by atoms with Crippen LogP contribution in [-0.4, -0.2) is 46.6 Å². The molecular formula is C14H18N2O5. The van der Waals surface area contributed by atoms with Crippen molar-refractivity contribution < 1.29 is 19.6 Å². The van der Waals surface area contributed by atoms with Crippen LogP contribution in [0.4, 0.5) is 5.69 Å². The van der Waals surface area contributed by atoms with Gasteiger partial charge in [-0.05, 0) is 12.5 Å². The van der Waals surface area contributed by atoms with E-state index in [2.05, 4.69) is 0 Å². The first-order chi connectivity index (χ1) is 9.91. The van der Waals surface area contributed by atoms with Gasteiger partial charge in [0.1, 0.15) is 0 Å². The normalized spacial score (nSPS) is 16.2. The lowest BCUT2D eigenvalue weighted by atomic mass is 9.88. The molecule has 0 unspecified atom stereocenters. The van der Waals surface area contributed by atoms with Gasteiger partial charge < -0.3 is 14.7 Å². The molecule has 1 heterocycles. The van der Waals surface area contributed by atoms with Crippen LogP contribution >= 0.6 is 0 Å². The minimum atomic E-state index is -0.835. The molecule has 0 aromatic heterocycles. The van der Waals surface area contributed by atoms with E-state index in [4.69, 9.17) is 4.74 Å². The minimum absolute atomic E-state index is 0.0431. The average molecular weight is 294 g/mol. The molecule has 1 amide bonds. The number of para-hydroxylation sites is 1. The van der Waals surface area contributed by atoms with Crippen LogP contribution in [0.1, 0.15) is 30.1 Å². The van der Waals surface area contributed by atoms with Gasteiger partial charge >= 0.3 is 5.69 Å². The van der Waals surface area contributed by atoms with E-state index in [0.717, 1.165) is 6.42 Å². The highest BCUT2D eigenvalue weighted by Crippen LogP contribution is 2.34. The molecule has 114 valence electrons. The maximum Gasteiger partial charge on any atom is 0.311 e. The number of nitrogens with zero attached hydrogens (tertiary/aromatic N) is 2. The zero-order chi connectivity index (χ0) is 15.6. The van der Waals surface area contributed by atoms with E-state index in [1.807, 2.05) is 6.92 Å². The minimum Gasteiger partial charge on any atom is -0.490 e. The average Bonchev–Trinajstić information content (AvgIpc) is 2.43. The molecule has 0 aliphatic carbocycles. The molecule has 1 N–H and O–H groups in total. The van der Waals surface area contributed by atoms with Crippen LogP contribution in [0.5, 0.6) is 5.75 Å². The number of hydrogen-bond donors (Lipinski definition) is 1. The Morgan fingerprint density at radius 2 is 2.19 bits per heavy atom. The van der Waals surface area contributed by atoms with Gasteiger partial charge in [-0.15, -0.1) is 0 Å². The van der Waals surface area contributed by atoms with Crippen LogP contribution in [0.25, 0.3) is 0 Å². The molecule has 1 fully saturated rings. The molecule has 0 atom stereocenters. The number of nitro benzene ring substituents is 1. The summed E-state index contributed by atoms with van der Waals surface area (Å²) in [6.45, 7) is 2.45. The Kier molecular flexibility index (Phi) is 4.13. The van der Waals surface area contributed by atoms with Crippen LogP contribution in [-0.2, 0) is 0 Å². The number of carbonyl (C=O) groups is 1. The number of likely N-dealkylation sites (tertiary alicyclic amines) is 1. The summed E-state index contributed by atoms with van der Waals surface area (Å²) in [4.78, 5) is 24.2. The van der Waals surface area contributed by atoms with Crippen molar-refractivity contribution in [1.29, 1.82) is 0 Å². The van der Waals surface area contributed by atoms with Crippen molar-refractivity contribution in [2.75, 3.05) is 20.2 Å². The van der Waals surface area contributed by atoms with Crippen molar-refractivity contribution >= 4 is 11.6 Å². The molecule has 1 aliphatic rings. The lowest BCUT2D eigenvalue weighted by molar-refractivity contribution is -0.385. The second-order valence-electron chi connectivity index (χ2n) is 5.25. The summed E-state index contributed by atoms with van der Waals surface area (Å²) < 4.78 is 5.03. The number of methoxy groups -OCH3 is 1. The van der Waals surface area contributed by atoms with Crippen LogP contribution in [0, 0.1) is 10.1 Å². The van der Waals surface area contributed by atoms with E-state index in [1.54, 1.807) is 0 Å². The maximum absolute atomic E-state index is 12.4. The van der Waals surface area contributed by atoms with Crippen molar-refractivity contribution in [3.8, 4) is 5.75 Å². The first-order valence-electron chi connectivity index (χ1n) is 6.75. The Morgan fingerprint density at radius 3 is 2.71 bits per heavy atom. The summed E-state index contributed by atoms with van der Waals surface area (Å²) in [6, 6.07) is 4.23. The molecule has 1 aromatic carbocycles. The highest BCUT2D eigenvalue weighted by molar-refractivity contribution is 5.98. The van der Waals surface area contributed by atoms with Crippen LogP contribution in [0.15, 0.2) is 18.2 Å². The molecule has 0 bridgehead atoms. The van der Waals surface area contributed by atoms with E-state index in [9.17, 15) is 20.0 Å². The number of hydrogen-bond acceptors (Lipinski definition) is 5. The Bertz CT molecular complexity index is 566. The van der Waals surface area contributed by atoms with E-state index < -0.39 is 10.5 Å². The lowest BCUT2D eigenvalue weighted by Crippen LogP contribution is -2.63. The van der Waals surface area contributed by atoms with Gasteiger partial charge in [0, 0.05) is 6.07 Å². The monoisotopic (exact) mass is 294 g/mol. The first kappa shape index (κ1) is 15.2. The predicted octanol–water partition coefficient (Wildman–Crippen LogP) is 1.59. The fourth-order valence-corrected chi connectivity index (χ4v) is 2.65.